The molecular weight excluding hydrogens is 472 g/mol. The molecule has 1 atom stereocenters. The molecule has 1 aromatic rings. The van der Waals surface area contributed by atoms with E-state index in [1.54, 1.807) is 19.2 Å². The fourth-order valence-corrected chi connectivity index (χ4v) is 2.51. The van der Waals surface area contributed by atoms with E-state index in [1.165, 1.54) is 25.0 Å². The van der Waals surface area contributed by atoms with E-state index in [9.17, 15) is 13.2 Å². The molecule has 0 aliphatic heterocycles. The fourth-order valence-electron chi connectivity index (χ4n) is 2.51. The predicted octanol–water partition coefficient (Wildman–Crippen LogP) is 3.39. The largest absolute Gasteiger partial charge is 0.484 e. The standard InChI is InChI=1S/C18H27F3N4O.HI/c1-13(25(3)15-6-7-15)10-23-17(22-2)24-11-14-4-8-16(9-5-14)26-12-18(19,20)21;/h4-5,8-9,13,15H,6-7,10-12H2,1-3H3,(H2,22,23,24);1H. The normalized spacial score (nSPS) is 15.9. The first kappa shape index (κ1) is 23.8. The number of nitrogens with zero attached hydrogens (tertiary/aromatic N) is 2. The maximum atomic E-state index is 12.1. The molecule has 1 aliphatic rings. The quantitative estimate of drug-likeness (QED) is 0.327. The van der Waals surface area contributed by atoms with Gasteiger partial charge in [-0.1, -0.05) is 12.1 Å². The molecule has 5 nitrogen and oxygen atoms in total. The van der Waals surface area contributed by atoms with Crippen molar-refractivity contribution in [3.8, 4) is 5.75 Å². The zero-order valence-corrected chi connectivity index (χ0v) is 18.2. The lowest BCUT2D eigenvalue weighted by Gasteiger charge is -2.25. The number of halogens is 4. The van der Waals surface area contributed by atoms with Gasteiger partial charge in [-0.05, 0) is 44.5 Å². The number of hydrogen-bond acceptors (Lipinski definition) is 3. The lowest BCUT2D eigenvalue weighted by Crippen LogP contribution is -2.45. The van der Waals surface area contributed by atoms with E-state index in [2.05, 4.69) is 34.5 Å². The average molecular weight is 500 g/mol. The lowest BCUT2D eigenvalue weighted by atomic mass is 10.2. The van der Waals surface area contributed by atoms with Crippen molar-refractivity contribution in [2.45, 2.75) is 44.6 Å². The summed E-state index contributed by atoms with van der Waals surface area (Å²) in [5.41, 5.74) is 0.926. The summed E-state index contributed by atoms with van der Waals surface area (Å²) in [6.45, 7) is 2.20. The van der Waals surface area contributed by atoms with E-state index >= 15 is 0 Å². The smallest absolute Gasteiger partial charge is 0.422 e. The van der Waals surface area contributed by atoms with Crippen LogP contribution in [0.2, 0.25) is 0 Å². The molecule has 0 spiro atoms. The van der Waals surface area contributed by atoms with Crippen molar-refractivity contribution in [3.05, 3.63) is 29.8 Å². The molecular formula is C18H28F3IN4O. The Morgan fingerprint density at radius 2 is 1.89 bits per heavy atom. The molecule has 1 aromatic carbocycles. The topological polar surface area (TPSA) is 48.9 Å². The van der Waals surface area contributed by atoms with Gasteiger partial charge in [0.1, 0.15) is 5.75 Å². The molecule has 0 bridgehead atoms. The lowest BCUT2D eigenvalue weighted by molar-refractivity contribution is -0.153. The Morgan fingerprint density at radius 1 is 1.26 bits per heavy atom. The van der Waals surface area contributed by atoms with Crippen LogP contribution < -0.4 is 15.4 Å². The van der Waals surface area contributed by atoms with Crippen molar-refractivity contribution >= 4 is 29.9 Å². The molecule has 2 rings (SSSR count). The molecule has 1 aliphatic carbocycles. The maximum Gasteiger partial charge on any atom is 0.422 e. The summed E-state index contributed by atoms with van der Waals surface area (Å²) in [7, 11) is 3.85. The van der Waals surface area contributed by atoms with E-state index < -0.39 is 12.8 Å². The second kappa shape index (κ2) is 10.9. The summed E-state index contributed by atoms with van der Waals surface area (Å²) in [4.78, 5) is 6.57. The molecule has 0 radical (unpaired) electrons. The number of alkyl halides is 3. The van der Waals surface area contributed by atoms with E-state index in [1.807, 2.05) is 0 Å². The third kappa shape index (κ3) is 9.00. The Labute approximate surface area is 175 Å². The van der Waals surface area contributed by atoms with Gasteiger partial charge in [0, 0.05) is 32.2 Å². The highest BCUT2D eigenvalue weighted by atomic mass is 127. The van der Waals surface area contributed by atoms with Crippen molar-refractivity contribution in [2.75, 3.05) is 27.2 Å². The molecule has 0 aromatic heterocycles. The van der Waals surface area contributed by atoms with Crippen LogP contribution in [0, 0.1) is 0 Å². The van der Waals surface area contributed by atoms with Crippen molar-refractivity contribution in [1.29, 1.82) is 0 Å². The molecule has 9 heteroatoms. The summed E-state index contributed by atoms with van der Waals surface area (Å²) in [5.74, 6) is 0.893. The molecule has 1 saturated carbocycles. The average Bonchev–Trinajstić information content (AvgIpc) is 3.44. The highest BCUT2D eigenvalue weighted by Gasteiger charge is 2.29. The van der Waals surface area contributed by atoms with Gasteiger partial charge < -0.3 is 15.4 Å². The summed E-state index contributed by atoms with van der Waals surface area (Å²) in [6.07, 6.45) is -1.78. The van der Waals surface area contributed by atoms with Gasteiger partial charge in [-0.15, -0.1) is 24.0 Å². The second-order valence-corrected chi connectivity index (χ2v) is 6.60. The fraction of sp³-hybridized carbons (Fsp3) is 0.611. The van der Waals surface area contributed by atoms with Gasteiger partial charge in [-0.2, -0.15) is 13.2 Å². The minimum Gasteiger partial charge on any atom is -0.484 e. The third-order valence-electron chi connectivity index (χ3n) is 4.39. The number of aliphatic imine (C=N–C) groups is 1. The number of nitrogens with one attached hydrogen (secondary N) is 2. The Kier molecular flexibility index (Phi) is 9.65. The van der Waals surface area contributed by atoms with Gasteiger partial charge in [0.25, 0.3) is 0 Å². The Bertz CT molecular complexity index is 591. The van der Waals surface area contributed by atoms with Crippen LogP contribution in [-0.2, 0) is 6.54 Å². The van der Waals surface area contributed by atoms with Crippen LogP contribution in [0.1, 0.15) is 25.3 Å². The monoisotopic (exact) mass is 500 g/mol. The van der Waals surface area contributed by atoms with Crippen molar-refractivity contribution in [3.63, 3.8) is 0 Å². The van der Waals surface area contributed by atoms with Crippen LogP contribution >= 0.6 is 24.0 Å². The molecule has 27 heavy (non-hydrogen) atoms. The first-order valence-electron chi connectivity index (χ1n) is 8.73. The molecule has 154 valence electrons. The van der Waals surface area contributed by atoms with Gasteiger partial charge in [0.2, 0.25) is 0 Å². The Hall–Kier alpha value is -1.23. The second-order valence-electron chi connectivity index (χ2n) is 6.60. The highest BCUT2D eigenvalue weighted by Crippen LogP contribution is 2.26. The predicted molar refractivity (Wildman–Crippen MR) is 112 cm³/mol. The molecule has 0 saturated heterocycles. The number of hydrogen-bond donors (Lipinski definition) is 2. The minimum atomic E-state index is -4.33. The molecule has 0 heterocycles. The van der Waals surface area contributed by atoms with Crippen molar-refractivity contribution in [2.24, 2.45) is 4.99 Å². The van der Waals surface area contributed by atoms with Crippen LogP contribution in [0.15, 0.2) is 29.3 Å². The number of ether oxygens (including phenoxy) is 1. The van der Waals surface area contributed by atoms with E-state index in [4.69, 9.17) is 4.74 Å². The number of rotatable bonds is 8. The van der Waals surface area contributed by atoms with Gasteiger partial charge in [0.15, 0.2) is 12.6 Å². The number of benzene rings is 1. The summed E-state index contributed by atoms with van der Waals surface area (Å²) < 4.78 is 41.1. The Balaban J connectivity index is 0.00000364. The zero-order valence-electron chi connectivity index (χ0n) is 15.8. The third-order valence-corrected chi connectivity index (χ3v) is 4.39. The van der Waals surface area contributed by atoms with Gasteiger partial charge in [-0.25, -0.2) is 0 Å². The zero-order chi connectivity index (χ0) is 19.2. The Morgan fingerprint density at radius 3 is 2.41 bits per heavy atom. The first-order chi connectivity index (χ1) is 12.3. The summed E-state index contributed by atoms with van der Waals surface area (Å²) in [5, 5.41) is 6.50. The summed E-state index contributed by atoms with van der Waals surface area (Å²) >= 11 is 0. The molecule has 1 fully saturated rings. The summed E-state index contributed by atoms with van der Waals surface area (Å²) in [6, 6.07) is 7.65. The van der Waals surface area contributed by atoms with Gasteiger partial charge in [0.05, 0.1) is 0 Å². The molecule has 0 amide bonds. The number of likely N-dealkylation sites (N-methyl/N-ethyl adjacent to an activating group) is 1. The van der Waals surface area contributed by atoms with Crippen LogP contribution in [0.4, 0.5) is 13.2 Å². The molecule has 2 N–H and O–H groups in total. The van der Waals surface area contributed by atoms with Crippen LogP contribution in [0.5, 0.6) is 5.75 Å². The SMILES string of the molecule is CN=C(NCc1ccc(OCC(F)(F)F)cc1)NCC(C)N(C)C1CC1.I. The molecule has 1 unspecified atom stereocenters. The van der Waals surface area contributed by atoms with Crippen LogP contribution in [0.3, 0.4) is 0 Å². The van der Waals surface area contributed by atoms with Gasteiger partial charge >= 0.3 is 6.18 Å². The van der Waals surface area contributed by atoms with Crippen molar-refractivity contribution in [1.82, 2.24) is 15.5 Å². The van der Waals surface area contributed by atoms with Crippen molar-refractivity contribution < 1.29 is 17.9 Å². The van der Waals surface area contributed by atoms with Crippen LogP contribution in [-0.4, -0.2) is 56.4 Å². The highest BCUT2D eigenvalue weighted by molar-refractivity contribution is 14.0. The van der Waals surface area contributed by atoms with E-state index in [0.717, 1.165) is 12.1 Å². The number of guanidine groups is 1. The van der Waals surface area contributed by atoms with Gasteiger partial charge in [-0.3, -0.25) is 9.89 Å². The van der Waals surface area contributed by atoms with E-state index in [0.29, 0.717) is 24.6 Å². The maximum absolute atomic E-state index is 12.1. The first-order valence-corrected chi connectivity index (χ1v) is 8.73. The van der Waals surface area contributed by atoms with E-state index in [-0.39, 0.29) is 29.7 Å². The minimum absolute atomic E-state index is 0. The van der Waals surface area contributed by atoms with Crippen LogP contribution in [0.25, 0.3) is 0 Å².